The van der Waals surface area contributed by atoms with Crippen molar-refractivity contribution in [3.05, 3.63) is 23.1 Å². The molecule has 0 aromatic carbocycles. The number of primary amides is 1. The van der Waals surface area contributed by atoms with E-state index in [1.165, 1.54) is 0 Å². The standard InChI is InChI=1S/C3H5NO.HN3/c1-2-3(4)5;1-3-2/h2H,1H2,(H2,4,5);1H. The largest absolute Gasteiger partial charge is 0.366 e. The van der Waals surface area contributed by atoms with E-state index in [4.69, 9.17) is 11.1 Å². The third kappa shape index (κ3) is 207. The predicted octanol–water partition coefficient (Wildman–Crippen LogP) is 0.533. The van der Waals surface area contributed by atoms with Gasteiger partial charge in [0.05, 0.1) is 0 Å². The second kappa shape index (κ2) is 9.10. The van der Waals surface area contributed by atoms with Gasteiger partial charge >= 0.3 is 0 Å². The average molecular weight is 114 g/mol. The number of hydrogen-bond donors (Lipinski definition) is 2. The predicted molar refractivity (Wildman–Crippen MR) is 28.8 cm³/mol. The summed E-state index contributed by atoms with van der Waals surface area (Å²) in [6.45, 7) is 3.09. The Bertz CT molecular complexity index is 112. The van der Waals surface area contributed by atoms with E-state index in [1.54, 1.807) is 4.91 Å². The van der Waals surface area contributed by atoms with Gasteiger partial charge in [0.2, 0.25) is 5.91 Å². The number of carbonyl (C=O) groups is 1. The highest BCUT2D eigenvalue weighted by molar-refractivity contribution is 5.84. The van der Waals surface area contributed by atoms with Gasteiger partial charge in [0.1, 0.15) is 0 Å². The van der Waals surface area contributed by atoms with Gasteiger partial charge in [0, 0.05) is 0 Å². The fourth-order valence-corrected chi connectivity index (χ4v) is 0. The van der Waals surface area contributed by atoms with Crippen LogP contribution in [-0.4, -0.2) is 5.91 Å². The van der Waals surface area contributed by atoms with E-state index in [0.29, 0.717) is 0 Å². The van der Waals surface area contributed by atoms with Crippen LogP contribution in [-0.2, 0) is 4.79 Å². The maximum absolute atomic E-state index is 9.47. The van der Waals surface area contributed by atoms with Crippen molar-refractivity contribution >= 4 is 5.91 Å². The molecule has 0 bridgehead atoms. The van der Waals surface area contributed by atoms with Gasteiger partial charge in [-0.3, -0.25) is 4.79 Å². The van der Waals surface area contributed by atoms with Crippen LogP contribution in [0.5, 0.6) is 0 Å². The molecule has 8 heavy (non-hydrogen) atoms. The van der Waals surface area contributed by atoms with Crippen LogP contribution in [0.3, 0.4) is 0 Å². The summed E-state index contributed by atoms with van der Waals surface area (Å²) in [5.41, 5.74) is 16.8. The molecular formula is C3H6N4O. The Morgan fingerprint density at radius 1 is 2.00 bits per heavy atom. The van der Waals surface area contributed by atoms with Crippen LogP contribution in [0.15, 0.2) is 12.7 Å². The van der Waals surface area contributed by atoms with Gasteiger partial charge in [-0.2, -0.15) is 0 Å². The van der Waals surface area contributed by atoms with E-state index in [0.717, 1.165) is 6.08 Å². The van der Waals surface area contributed by atoms with E-state index >= 15 is 0 Å². The van der Waals surface area contributed by atoms with Crippen molar-refractivity contribution in [2.75, 3.05) is 0 Å². The lowest BCUT2D eigenvalue weighted by atomic mass is 10.6. The highest BCUT2D eigenvalue weighted by atomic mass is 16.1. The maximum Gasteiger partial charge on any atom is 0.240 e. The first kappa shape index (κ1) is 9.72. The first-order chi connectivity index (χ1) is 3.68. The molecule has 0 aliphatic heterocycles. The van der Waals surface area contributed by atoms with Gasteiger partial charge < -0.3 is 5.73 Å². The lowest BCUT2D eigenvalue weighted by Crippen LogP contribution is -2.04. The second-order valence-corrected chi connectivity index (χ2v) is 0.706. The molecule has 5 nitrogen and oxygen atoms in total. The molecule has 5 heteroatoms. The summed E-state index contributed by atoms with van der Waals surface area (Å²) in [6.07, 6.45) is 1.06. The maximum atomic E-state index is 9.47. The zero-order valence-corrected chi connectivity index (χ0v) is 4.16. The summed E-state index contributed by atoms with van der Waals surface area (Å²) in [4.78, 5) is 11.2. The van der Waals surface area contributed by atoms with Crippen LogP contribution >= 0.6 is 0 Å². The summed E-state index contributed by atoms with van der Waals surface area (Å²) in [5.74, 6) is -0.481. The number of rotatable bonds is 1. The molecule has 1 amide bonds. The van der Waals surface area contributed by atoms with E-state index in [2.05, 4.69) is 12.3 Å². The number of carbonyl (C=O) groups excluding carboxylic acids is 1. The summed E-state index contributed by atoms with van der Waals surface area (Å²) < 4.78 is 0. The molecule has 0 saturated heterocycles. The Kier molecular flexibility index (Phi) is 11.1. The average Bonchev–Trinajstić information content (AvgIpc) is 1.69. The Morgan fingerprint density at radius 3 is 2.12 bits per heavy atom. The van der Waals surface area contributed by atoms with Crippen LogP contribution in [0, 0.1) is 5.53 Å². The fourth-order valence-electron chi connectivity index (χ4n) is 0. The molecule has 0 aliphatic carbocycles. The van der Waals surface area contributed by atoms with Crippen molar-refractivity contribution in [1.82, 2.24) is 0 Å². The van der Waals surface area contributed by atoms with Gasteiger partial charge in [-0.25, -0.2) is 0 Å². The normalized spacial score (nSPS) is 5.00. The molecule has 0 rings (SSSR count). The van der Waals surface area contributed by atoms with Gasteiger partial charge in [0.15, 0.2) is 0 Å². The highest BCUT2D eigenvalue weighted by Crippen LogP contribution is 1.48. The third-order valence-corrected chi connectivity index (χ3v) is 0.201. The van der Waals surface area contributed by atoms with Crippen LogP contribution in [0.25, 0.3) is 10.4 Å². The molecule has 0 heterocycles. The zero-order chi connectivity index (χ0) is 6.99. The molecule has 0 radical (unpaired) electrons. The van der Waals surface area contributed by atoms with Gasteiger partial charge in [0.25, 0.3) is 0 Å². The minimum atomic E-state index is -0.481. The van der Waals surface area contributed by atoms with E-state index in [9.17, 15) is 4.79 Å². The summed E-state index contributed by atoms with van der Waals surface area (Å²) in [6, 6.07) is 0. The molecule has 0 spiro atoms. The van der Waals surface area contributed by atoms with Gasteiger partial charge in [-0.05, 0) is 16.5 Å². The molecule has 44 valence electrons. The first-order valence-corrected chi connectivity index (χ1v) is 1.61. The Labute approximate surface area is 46.2 Å². The van der Waals surface area contributed by atoms with Crippen LogP contribution in [0.1, 0.15) is 0 Å². The number of nitrogens with one attached hydrogen (secondary N) is 1. The van der Waals surface area contributed by atoms with E-state index in [-0.39, 0.29) is 0 Å². The number of hydrogen-bond acceptors (Lipinski definition) is 2. The zero-order valence-electron chi connectivity index (χ0n) is 4.16. The SMILES string of the molecule is C=CC(N)=O.[N-]=[N+]=N. The van der Waals surface area contributed by atoms with Crippen molar-refractivity contribution in [2.24, 2.45) is 5.73 Å². The summed E-state index contributed by atoms with van der Waals surface area (Å²) in [7, 11) is 0. The molecule has 0 atom stereocenters. The summed E-state index contributed by atoms with van der Waals surface area (Å²) >= 11 is 0. The van der Waals surface area contributed by atoms with Crippen molar-refractivity contribution in [3.8, 4) is 0 Å². The van der Waals surface area contributed by atoms with Crippen molar-refractivity contribution in [1.29, 1.82) is 5.53 Å². The monoisotopic (exact) mass is 114 g/mol. The molecule has 0 aromatic rings. The fraction of sp³-hybridized carbons (Fsp3) is 0. The summed E-state index contributed by atoms with van der Waals surface area (Å²) in [5, 5.41) is 0. The smallest absolute Gasteiger partial charge is 0.240 e. The topological polar surface area (TPSA) is 103 Å². The third-order valence-electron chi connectivity index (χ3n) is 0.201. The van der Waals surface area contributed by atoms with E-state index < -0.39 is 5.91 Å². The lowest BCUT2D eigenvalue weighted by molar-refractivity contribution is -0.113. The minimum Gasteiger partial charge on any atom is -0.366 e. The highest BCUT2D eigenvalue weighted by Gasteiger charge is 1.69. The van der Waals surface area contributed by atoms with Crippen molar-refractivity contribution in [2.45, 2.75) is 0 Å². The lowest BCUT2D eigenvalue weighted by Gasteiger charge is -1.65. The second-order valence-electron chi connectivity index (χ2n) is 0.706. The Morgan fingerprint density at radius 2 is 2.12 bits per heavy atom. The molecule has 0 aromatic heterocycles. The number of nitrogens with zero attached hydrogens (tertiary/aromatic N) is 2. The molecule has 0 fully saturated rings. The van der Waals surface area contributed by atoms with Gasteiger partial charge in [-0.15, -0.1) is 5.53 Å². The van der Waals surface area contributed by atoms with Crippen molar-refractivity contribution < 1.29 is 4.79 Å². The van der Waals surface area contributed by atoms with Crippen LogP contribution < -0.4 is 5.73 Å². The Hall–Kier alpha value is -1.48. The van der Waals surface area contributed by atoms with Crippen molar-refractivity contribution in [3.63, 3.8) is 0 Å². The Balaban J connectivity index is 0. The molecule has 0 unspecified atom stereocenters. The van der Waals surface area contributed by atoms with Crippen LogP contribution in [0.4, 0.5) is 0 Å². The molecular weight excluding hydrogens is 108 g/mol. The van der Waals surface area contributed by atoms with Gasteiger partial charge in [-0.1, -0.05) is 6.58 Å². The van der Waals surface area contributed by atoms with Crippen LogP contribution in [0.2, 0.25) is 0 Å². The molecule has 0 saturated carbocycles. The first-order valence-electron chi connectivity index (χ1n) is 1.61. The molecule has 0 aliphatic rings. The number of amides is 1. The number of nitrogens with two attached hydrogens (primary N) is 1. The quantitative estimate of drug-likeness (QED) is 0.221. The minimum absolute atomic E-state index is 0.481. The van der Waals surface area contributed by atoms with E-state index in [1.807, 2.05) is 0 Å². The molecule has 3 N–H and O–H groups in total.